The second-order valence-electron chi connectivity index (χ2n) is 35.9. The molecule has 4 aliphatic heterocycles. The van der Waals surface area contributed by atoms with Crippen molar-refractivity contribution in [2.45, 2.75) is 130 Å². The Bertz CT molecular complexity index is 5530. The monoisotopic (exact) mass is 1930 g/mol. The molecule has 0 spiro atoms. The molecule has 6 aromatic heterocycles. The minimum Gasteiger partial charge on any atom is -0.495 e. The molecule has 14 rings (SSSR count). The SMILES string of the molecule is COc1ccc(COc2ccc3oc(N4CCN(CCOCCOCCOCCOCC(=O)N[C@H](C(=O)N5C[C@H](O)C[C@H]5C(=O)NCc5ccc(-c6scnc6CCC(C)(C)[C@H](NC(=O)COCCOCCOCCN6CCN(c7nc8cc(OCc9ccc(OC)cn9)ccc8o7)CC6)C(=O)N6C[C@H](O)C[C@H]6C(=O)NCc6ccc(-c7scnc7C)cc6)cc5)C(C)(C)C)CC4)nc3c2)nc1. The van der Waals surface area contributed by atoms with Crippen molar-refractivity contribution >= 4 is 92.3 Å². The number of rotatable bonds is 51. The van der Waals surface area contributed by atoms with E-state index < -0.39 is 82.6 Å². The van der Waals surface area contributed by atoms with E-state index in [0.717, 1.165) is 126 Å². The van der Waals surface area contributed by atoms with Crippen LogP contribution in [-0.4, -0.2) is 317 Å². The number of likely N-dealkylation sites (tertiary alicyclic amines) is 2. The van der Waals surface area contributed by atoms with Crippen LogP contribution in [0.15, 0.2) is 141 Å². The zero-order valence-electron chi connectivity index (χ0n) is 79.0. The first-order chi connectivity index (χ1) is 66.4. The summed E-state index contributed by atoms with van der Waals surface area (Å²) in [5, 5.41) is 33.9. The van der Waals surface area contributed by atoms with E-state index in [1.54, 1.807) is 49.0 Å². The second kappa shape index (κ2) is 49.7. The zero-order chi connectivity index (χ0) is 96.2. The number of aliphatic hydroxyl groups is 2. The van der Waals surface area contributed by atoms with E-state index in [4.69, 9.17) is 75.9 Å². The van der Waals surface area contributed by atoms with Gasteiger partial charge in [0.15, 0.2) is 11.2 Å². The number of aliphatic hydroxyl groups excluding tert-OH is 2. The maximum absolute atomic E-state index is 15.2. The van der Waals surface area contributed by atoms with Gasteiger partial charge in [0.05, 0.1) is 162 Å². The number of hydrogen-bond acceptors (Lipinski definition) is 33. The van der Waals surface area contributed by atoms with Gasteiger partial charge in [-0.3, -0.25) is 48.5 Å². The van der Waals surface area contributed by atoms with Crippen molar-refractivity contribution < 1.29 is 99.9 Å². The summed E-state index contributed by atoms with van der Waals surface area (Å²) in [6.07, 6.45) is 2.05. The van der Waals surface area contributed by atoms with Crippen LogP contribution < -0.4 is 50.0 Å². The fraction of sp³-hybridized carbons (Fsp3) is 0.510. The number of benzene rings is 4. The van der Waals surface area contributed by atoms with Crippen molar-refractivity contribution in [3.05, 3.63) is 167 Å². The molecule has 0 radical (unpaired) electrons. The highest BCUT2D eigenvalue weighted by Crippen LogP contribution is 2.37. The average Bonchev–Trinajstić information content (AvgIpc) is 1.71. The van der Waals surface area contributed by atoms with E-state index in [2.05, 4.69) is 55.8 Å². The molecular formula is C98H126N16O21S2. The van der Waals surface area contributed by atoms with E-state index in [1.807, 2.05) is 151 Å². The standard InChI is InChI=1S/C98H126N16O21S2/c1-65-87(136-63-103-65)68-13-9-66(10-14-68)53-102-92(120)82-50-73(116)58-114(82)94(122)90(108-86(118)62-131-48-45-128-42-40-126-38-36-110-29-33-112(34-30-110)96-106-80-52-75(22-24-84(80)135-96)133-60-71-18-20-77(124-8)56-100-71)98(5,6)26-25-78-88(137-64-104-78)69-15-11-67(12-16-69)54-101-91(119)81-49-72(115)57-113(81)93(121)89(97(2,3)4)107-85(117)61-130-47-46-129-44-43-127-41-39-125-37-35-109-27-31-111(32-28-109)95-105-79-51-74(21-23-83(79)134-95)132-59-70-17-19-76(123-7)55-99-70/h9-24,51-52,55-56,63-64,72-73,81-82,89-90,115-116H,25-50,53-54,57-62H2,1-8H3,(H,101,119)(H,102,120)(H,107,117)(H,108,118)/t72-,73-,81+,82+,89-,90-/m1/s1. The molecular weight excluding hydrogens is 1800 g/mol. The van der Waals surface area contributed by atoms with E-state index >= 15 is 4.79 Å². The zero-order valence-corrected chi connectivity index (χ0v) is 80.7. The molecule has 4 saturated heterocycles. The minimum absolute atomic E-state index is 0.000803. The van der Waals surface area contributed by atoms with Crippen molar-refractivity contribution in [2.24, 2.45) is 10.8 Å². The molecule has 736 valence electrons. The van der Waals surface area contributed by atoms with Gasteiger partial charge in [0.2, 0.25) is 35.4 Å². The van der Waals surface area contributed by atoms with Gasteiger partial charge in [-0.2, -0.15) is 9.97 Å². The van der Waals surface area contributed by atoms with Crippen LogP contribution in [0.25, 0.3) is 43.1 Å². The van der Waals surface area contributed by atoms with Gasteiger partial charge in [-0.1, -0.05) is 83.1 Å². The minimum atomic E-state index is -1.18. The Hall–Kier alpha value is -11.4. The topological polar surface area (TPSA) is 416 Å². The molecule has 0 saturated carbocycles. The highest BCUT2D eigenvalue weighted by Gasteiger charge is 2.48. The van der Waals surface area contributed by atoms with Crippen LogP contribution in [-0.2, 0) is 94.6 Å². The molecule has 4 fully saturated rings. The lowest BCUT2D eigenvalue weighted by atomic mass is 9.78. The maximum atomic E-state index is 15.2. The molecule has 10 heterocycles. The molecule has 10 aromatic rings. The van der Waals surface area contributed by atoms with E-state index in [-0.39, 0.29) is 78.7 Å². The lowest BCUT2D eigenvalue weighted by Crippen LogP contribution is -2.58. The van der Waals surface area contributed by atoms with Crippen LogP contribution in [0.4, 0.5) is 12.0 Å². The first-order valence-corrected chi connectivity index (χ1v) is 48.3. The normalized spacial score (nSPS) is 17.2. The number of amides is 6. The van der Waals surface area contributed by atoms with Gasteiger partial charge in [0.1, 0.15) is 84.6 Å². The molecule has 37 nitrogen and oxygen atoms in total. The molecule has 6 N–H and O–H groups in total. The third-order valence-corrected chi connectivity index (χ3v) is 26.4. The maximum Gasteiger partial charge on any atom is 0.298 e. The number of ether oxygens (including phenoxy) is 11. The number of carbonyl (C=O) groups excluding carboxylic acids is 6. The fourth-order valence-electron chi connectivity index (χ4n) is 16.5. The van der Waals surface area contributed by atoms with Crippen LogP contribution in [0.5, 0.6) is 23.0 Å². The third kappa shape index (κ3) is 29.1. The Kier molecular flexibility index (Phi) is 36.8. The summed E-state index contributed by atoms with van der Waals surface area (Å²) in [4.78, 5) is 126. The Balaban J connectivity index is 0.483. The number of pyridine rings is 2. The van der Waals surface area contributed by atoms with Gasteiger partial charge in [0.25, 0.3) is 12.0 Å². The van der Waals surface area contributed by atoms with Crippen LogP contribution in [0.2, 0.25) is 0 Å². The quantitative estimate of drug-likeness (QED) is 0.0196. The second-order valence-corrected chi connectivity index (χ2v) is 37.6. The number of aromatic nitrogens is 6. The predicted octanol–water partition coefficient (Wildman–Crippen LogP) is 8.08. The van der Waals surface area contributed by atoms with Crippen molar-refractivity contribution in [1.82, 2.24) is 70.8 Å². The number of thiazole rings is 2. The van der Waals surface area contributed by atoms with Crippen LogP contribution in [0.3, 0.4) is 0 Å². The highest BCUT2D eigenvalue weighted by atomic mass is 32.1. The Morgan fingerprint density at radius 1 is 0.482 bits per heavy atom. The number of nitrogens with zero attached hydrogens (tertiary/aromatic N) is 12. The number of nitrogens with one attached hydrogen (secondary N) is 4. The molecule has 4 aromatic carbocycles. The molecule has 6 amide bonds. The van der Waals surface area contributed by atoms with E-state index in [9.17, 15) is 34.2 Å². The summed E-state index contributed by atoms with van der Waals surface area (Å²) in [6.45, 7) is 22.7. The number of methoxy groups -OCH3 is 2. The number of oxazole rings is 2. The highest BCUT2D eigenvalue weighted by molar-refractivity contribution is 7.13. The van der Waals surface area contributed by atoms with Crippen molar-refractivity contribution in [2.75, 3.05) is 195 Å². The van der Waals surface area contributed by atoms with Gasteiger partial charge < -0.3 is 112 Å². The number of fused-ring (bicyclic) bond motifs is 2. The van der Waals surface area contributed by atoms with Crippen molar-refractivity contribution in [3.63, 3.8) is 0 Å². The summed E-state index contributed by atoms with van der Waals surface area (Å²) >= 11 is 2.99. The lowest BCUT2D eigenvalue weighted by molar-refractivity contribution is -0.145. The number of hydrogen-bond donors (Lipinski definition) is 6. The molecule has 0 aliphatic carbocycles. The van der Waals surface area contributed by atoms with Gasteiger partial charge in [-0.25, -0.2) is 9.97 Å². The molecule has 137 heavy (non-hydrogen) atoms. The molecule has 0 unspecified atom stereocenters. The summed E-state index contributed by atoms with van der Waals surface area (Å²) in [5.74, 6) is -0.332. The largest absolute Gasteiger partial charge is 0.495 e. The van der Waals surface area contributed by atoms with Crippen molar-refractivity contribution in [3.8, 4) is 43.9 Å². The number of aryl methyl sites for hydroxylation is 2. The van der Waals surface area contributed by atoms with E-state index in [1.165, 1.54) is 21.1 Å². The van der Waals surface area contributed by atoms with Crippen molar-refractivity contribution in [1.29, 1.82) is 0 Å². The van der Waals surface area contributed by atoms with Gasteiger partial charge in [-0.15, -0.1) is 22.7 Å². The number of carbonyl (C=O) groups is 6. The molecule has 39 heteroatoms. The average molecular weight is 1930 g/mol. The Labute approximate surface area is 804 Å². The van der Waals surface area contributed by atoms with Gasteiger partial charge in [-0.05, 0) is 101 Å². The third-order valence-electron chi connectivity index (χ3n) is 24.5. The van der Waals surface area contributed by atoms with Crippen LogP contribution in [0.1, 0.15) is 87.8 Å². The van der Waals surface area contributed by atoms with Gasteiger partial charge >= 0.3 is 0 Å². The van der Waals surface area contributed by atoms with Crippen LogP contribution in [0, 0.1) is 17.8 Å². The smallest absolute Gasteiger partial charge is 0.298 e. The first-order valence-electron chi connectivity index (χ1n) is 46.5. The number of anilines is 2. The first kappa shape index (κ1) is 101. The summed E-state index contributed by atoms with van der Waals surface area (Å²) in [5.41, 5.74) is 11.3. The number of piperazine rings is 2. The summed E-state index contributed by atoms with van der Waals surface area (Å²) in [6, 6.07) is 30.9. The lowest BCUT2D eigenvalue weighted by Gasteiger charge is -2.37. The molecule has 6 atom stereocenters. The Morgan fingerprint density at radius 3 is 1.31 bits per heavy atom. The van der Waals surface area contributed by atoms with Crippen LogP contribution >= 0.6 is 22.7 Å². The molecule has 0 bridgehead atoms. The summed E-state index contributed by atoms with van der Waals surface area (Å²) < 4.78 is 75.0. The Morgan fingerprint density at radius 2 is 0.891 bits per heavy atom. The van der Waals surface area contributed by atoms with Gasteiger partial charge in [0, 0.05) is 117 Å². The summed E-state index contributed by atoms with van der Waals surface area (Å²) in [7, 11) is 3.20. The predicted molar refractivity (Wildman–Crippen MR) is 512 cm³/mol. The fourth-order valence-corrected chi connectivity index (χ4v) is 18.2. The molecule has 4 aliphatic rings. The van der Waals surface area contributed by atoms with E-state index in [0.29, 0.717) is 131 Å². The number of β-amino-alcohol motifs (C(OH)–C–C–N with tert-alkyl or cyclic N) is 2.